The van der Waals surface area contributed by atoms with Crippen LogP contribution < -0.4 is 4.74 Å². The third-order valence-electron chi connectivity index (χ3n) is 4.27. The first-order valence-electron chi connectivity index (χ1n) is 9.10. The summed E-state index contributed by atoms with van der Waals surface area (Å²) in [5.74, 6) is -1.98. The van der Waals surface area contributed by atoms with Crippen molar-refractivity contribution in [1.29, 1.82) is 0 Å². The highest BCUT2D eigenvalue weighted by molar-refractivity contribution is 7.54. The number of carbonyl (C=O) groups excluding carboxylic acids is 1. The summed E-state index contributed by atoms with van der Waals surface area (Å²) >= 11 is 24.1. The Morgan fingerprint density at radius 2 is 1.61 bits per heavy atom. The number of hydrogen-bond acceptors (Lipinski definition) is 6. The average Bonchev–Trinajstić information content (AvgIpc) is 2.68. The second-order valence-electron chi connectivity index (χ2n) is 7.62. The molecule has 1 heterocycles. The first kappa shape index (κ1) is 24.7. The summed E-state index contributed by atoms with van der Waals surface area (Å²) in [6.07, 6.45) is 0. The summed E-state index contributed by atoms with van der Waals surface area (Å²) in [6, 6.07) is 9.04. The number of ether oxygens (including phenoxy) is 2. The van der Waals surface area contributed by atoms with Gasteiger partial charge in [-0.15, -0.1) is 0 Å². The van der Waals surface area contributed by atoms with Crippen molar-refractivity contribution in [1.82, 2.24) is 0 Å². The molecule has 3 rings (SSSR count). The summed E-state index contributed by atoms with van der Waals surface area (Å²) in [6.45, 7) is 3.60. The van der Waals surface area contributed by atoms with E-state index in [1.807, 2.05) is 13.8 Å². The molecule has 1 atom stereocenters. The quantitative estimate of drug-likeness (QED) is 0.292. The van der Waals surface area contributed by atoms with Crippen molar-refractivity contribution in [3.8, 4) is 5.75 Å². The zero-order valence-corrected chi connectivity index (χ0v) is 20.5. The molecule has 0 amide bonds. The maximum absolute atomic E-state index is 13.5. The van der Waals surface area contributed by atoms with Crippen molar-refractivity contribution in [3.63, 3.8) is 0 Å². The molecule has 1 aliphatic rings. The molecule has 2 aromatic rings. The van der Waals surface area contributed by atoms with Crippen LogP contribution in [0.1, 0.15) is 25.3 Å². The van der Waals surface area contributed by atoms with Gasteiger partial charge in [-0.1, -0.05) is 66.3 Å². The smallest absolute Gasteiger partial charge is 0.375 e. The highest BCUT2D eigenvalue weighted by Crippen LogP contribution is 2.65. The van der Waals surface area contributed by atoms with Gasteiger partial charge < -0.3 is 18.5 Å². The van der Waals surface area contributed by atoms with E-state index in [9.17, 15) is 9.36 Å². The Morgan fingerprint density at radius 3 is 2.19 bits per heavy atom. The van der Waals surface area contributed by atoms with Gasteiger partial charge in [-0.3, -0.25) is 4.57 Å². The number of rotatable bonds is 6. The normalized spacial score (nSPS) is 18.3. The van der Waals surface area contributed by atoms with Gasteiger partial charge in [-0.05, 0) is 30.3 Å². The van der Waals surface area contributed by atoms with E-state index in [1.54, 1.807) is 6.07 Å². The van der Waals surface area contributed by atoms with E-state index in [2.05, 4.69) is 0 Å². The molecule has 2 aromatic carbocycles. The molecule has 6 nitrogen and oxygen atoms in total. The molecule has 0 aliphatic carbocycles. The average molecular weight is 528 g/mol. The van der Waals surface area contributed by atoms with Gasteiger partial charge in [-0.25, -0.2) is 4.79 Å². The lowest BCUT2D eigenvalue weighted by molar-refractivity contribution is -0.149. The van der Waals surface area contributed by atoms with Crippen LogP contribution >= 0.6 is 54.0 Å². The highest BCUT2D eigenvalue weighted by atomic mass is 35.5. The SMILES string of the molecule is CC1(C)COP(=O)(C(OC(=O)COc2ccc(Cl)cc2Cl)c2ccc(Cl)cc2Cl)OC1. The van der Waals surface area contributed by atoms with Gasteiger partial charge in [0, 0.05) is 26.0 Å². The van der Waals surface area contributed by atoms with Crippen LogP contribution in [0.2, 0.25) is 20.1 Å². The molecule has 0 radical (unpaired) electrons. The van der Waals surface area contributed by atoms with Crippen LogP contribution in [0.25, 0.3) is 0 Å². The Kier molecular flexibility index (Phi) is 7.86. The van der Waals surface area contributed by atoms with Gasteiger partial charge in [0.1, 0.15) is 5.75 Å². The summed E-state index contributed by atoms with van der Waals surface area (Å²) in [7, 11) is -3.90. The highest BCUT2D eigenvalue weighted by Gasteiger charge is 2.47. The van der Waals surface area contributed by atoms with Gasteiger partial charge in [0.25, 0.3) is 0 Å². The first-order chi connectivity index (χ1) is 14.5. The van der Waals surface area contributed by atoms with E-state index >= 15 is 0 Å². The summed E-state index contributed by atoms with van der Waals surface area (Å²) in [5.41, 5.74) is -0.104. The molecule has 31 heavy (non-hydrogen) atoms. The van der Waals surface area contributed by atoms with Crippen LogP contribution in [0, 0.1) is 5.41 Å². The van der Waals surface area contributed by atoms with E-state index in [4.69, 9.17) is 64.9 Å². The summed E-state index contributed by atoms with van der Waals surface area (Å²) in [4.78, 5) is 12.6. The van der Waals surface area contributed by atoms with Crippen LogP contribution in [-0.4, -0.2) is 25.8 Å². The molecular formula is C20H19Cl4O6P. The van der Waals surface area contributed by atoms with Crippen molar-refractivity contribution >= 4 is 60.0 Å². The van der Waals surface area contributed by atoms with Gasteiger partial charge in [-0.2, -0.15) is 0 Å². The van der Waals surface area contributed by atoms with Crippen molar-refractivity contribution in [2.45, 2.75) is 19.7 Å². The Morgan fingerprint density at radius 1 is 1.03 bits per heavy atom. The lowest BCUT2D eigenvalue weighted by atomic mass is 9.97. The Bertz CT molecular complexity index is 1010. The third kappa shape index (κ3) is 6.29. The molecule has 0 bridgehead atoms. The molecule has 0 saturated carbocycles. The minimum Gasteiger partial charge on any atom is -0.480 e. The molecular weight excluding hydrogens is 509 g/mol. The Hall–Kier alpha value is -0.980. The maximum atomic E-state index is 13.5. The first-order valence-corrected chi connectivity index (χ1v) is 12.2. The predicted molar refractivity (Wildman–Crippen MR) is 121 cm³/mol. The van der Waals surface area contributed by atoms with E-state index in [1.165, 1.54) is 30.3 Å². The van der Waals surface area contributed by atoms with Crippen molar-refractivity contribution in [3.05, 3.63) is 62.1 Å². The minimum absolute atomic E-state index is 0.152. The number of carbonyl (C=O) groups is 1. The van der Waals surface area contributed by atoms with Gasteiger partial charge in [0.2, 0.25) is 5.85 Å². The Labute approximate surface area is 200 Å². The molecule has 1 aliphatic heterocycles. The zero-order chi connectivity index (χ0) is 22.8. The number of halogens is 4. The fourth-order valence-electron chi connectivity index (χ4n) is 2.63. The zero-order valence-electron chi connectivity index (χ0n) is 16.6. The van der Waals surface area contributed by atoms with Gasteiger partial charge >= 0.3 is 13.6 Å². The van der Waals surface area contributed by atoms with Crippen LogP contribution in [0.4, 0.5) is 0 Å². The number of esters is 1. The molecule has 0 aromatic heterocycles. The summed E-state index contributed by atoms with van der Waals surface area (Å²) in [5, 5.41) is 1.17. The van der Waals surface area contributed by atoms with Crippen LogP contribution in [0.15, 0.2) is 36.4 Å². The lowest BCUT2D eigenvalue weighted by Gasteiger charge is -2.37. The van der Waals surface area contributed by atoms with E-state index in [0.29, 0.717) is 10.0 Å². The molecule has 1 unspecified atom stereocenters. The van der Waals surface area contributed by atoms with Gasteiger partial charge in [0.15, 0.2) is 6.61 Å². The second kappa shape index (κ2) is 9.88. The van der Waals surface area contributed by atoms with Crippen molar-refractivity contribution in [2.75, 3.05) is 19.8 Å². The fourth-order valence-corrected chi connectivity index (χ4v) is 5.89. The van der Waals surface area contributed by atoms with Crippen LogP contribution in [0.5, 0.6) is 5.75 Å². The molecule has 1 fully saturated rings. The third-order valence-corrected chi connectivity index (χ3v) is 7.30. The lowest BCUT2D eigenvalue weighted by Crippen LogP contribution is -2.31. The molecule has 168 valence electrons. The molecule has 0 spiro atoms. The van der Waals surface area contributed by atoms with Crippen molar-refractivity contribution in [2.24, 2.45) is 5.41 Å². The molecule has 0 N–H and O–H groups in total. The number of benzene rings is 2. The van der Waals surface area contributed by atoms with Crippen LogP contribution in [-0.2, 0) is 23.1 Å². The Balaban J connectivity index is 1.81. The largest absolute Gasteiger partial charge is 0.480 e. The van der Waals surface area contributed by atoms with E-state index in [-0.39, 0.29) is 40.0 Å². The van der Waals surface area contributed by atoms with E-state index < -0.39 is 26.0 Å². The predicted octanol–water partition coefficient (Wildman–Crippen LogP) is 7.19. The molecule has 11 heteroatoms. The second-order valence-corrected chi connectivity index (χ2v) is 11.4. The summed E-state index contributed by atoms with van der Waals surface area (Å²) < 4.78 is 35.5. The molecule has 1 saturated heterocycles. The monoisotopic (exact) mass is 526 g/mol. The maximum Gasteiger partial charge on any atom is 0.375 e. The van der Waals surface area contributed by atoms with Crippen LogP contribution in [0.3, 0.4) is 0 Å². The fraction of sp³-hybridized carbons (Fsp3) is 0.350. The van der Waals surface area contributed by atoms with Crippen molar-refractivity contribution < 1.29 is 27.9 Å². The minimum atomic E-state index is -3.90. The topological polar surface area (TPSA) is 71.1 Å². The van der Waals surface area contributed by atoms with E-state index in [0.717, 1.165) is 0 Å². The number of hydrogen-bond donors (Lipinski definition) is 0. The van der Waals surface area contributed by atoms with Gasteiger partial charge in [0.05, 0.1) is 18.2 Å². The standard InChI is InChI=1S/C20H19Cl4O6P/c1-20(2)10-28-31(26,29-11-20)19(14-5-3-12(21)7-15(14)23)30-18(25)9-27-17-6-4-13(22)8-16(17)24/h3-8,19H,9-11H2,1-2H3.